The van der Waals surface area contributed by atoms with Crippen LogP contribution in [0.5, 0.6) is 5.75 Å². The van der Waals surface area contributed by atoms with Crippen molar-refractivity contribution in [1.29, 1.82) is 0 Å². The van der Waals surface area contributed by atoms with E-state index >= 15 is 0 Å². The van der Waals surface area contributed by atoms with E-state index in [1.165, 1.54) is 23.6 Å². The Morgan fingerprint density at radius 3 is 2.86 bits per heavy atom. The van der Waals surface area contributed by atoms with Gasteiger partial charge in [-0.25, -0.2) is 10.2 Å². The predicted octanol–water partition coefficient (Wildman–Crippen LogP) is 2.97. The molecule has 1 aromatic carbocycles. The largest absolute Gasteiger partial charge is 0.507 e. The molecular formula is C19H18BrN3O5S. The van der Waals surface area contributed by atoms with Gasteiger partial charge in [-0.2, -0.15) is 5.10 Å². The fourth-order valence-electron chi connectivity index (χ4n) is 2.91. The Hall–Kier alpha value is -2.72. The maximum Gasteiger partial charge on any atom is 0.341 e. The normalized spacial score (nSPS) is 12.6. The molecule has 0 saturated carbocycles. The molecule has 0 unspecified atom stereocenters. The number of aromatic hydroxyl groups is 1. The minimum atomic E-state index is -1.00. The number of thiophene rings is 1. The third-order valence-electron chi connectivity index (χ3n) is 4.19. The fourth-order valence-corrected chi connectivity index (χ4v) is 4.56. The van der Waals surface area contributed by atoms with Gasteiger partial charge in [0.1, 0.15) is 10.8 Å². The highest BCUT2D eigenvalue weighted by Gasteiger charge is 2.29. The lowest BCUT2D eigenvalue weighted by Crippen LogP contribution is -2.32. The number of amides is 2. The lowest BCUT2D eigenvalue weighted by atomic mass is 10.1. The standard InChI is InChI=1S/C19H18BrN3O5S/c1-2-28-19(27)15-12-4-3-5-14(12)29-18(15)22-16(25)17(26)23-21-9-10-8-11(20)6-7-13(10)24/h6-9,24H,2-5H2,1H3,(H,22,25)(H,23,26). The van der Waals surface area contributed by atoms with Crippen molar-refractivity contribution in [2.45, 2.75) is 26.2 Å². The molecule has 1 aromatic heterocycles. The highest BCUT2D eigenvalue weighted by molar-refractivity contribution is 9.10. The van der Waals surface area contributed by atoms with E-state index in [2.05, 4.69) is 31.8 Å². The number of phenols is 1. The van der Waals surface area contributed by atoms with E-state index in [4.69, 9.17) is 4.74 Å². The van der Waals surface area contributed by atoms with Crippen LogP contribution >= 0.6 is 27.3 Å². The molecule has 0 saturated heterocycles. The van der Waals surface area contributed by atoms with Crippen molar-refractivity contribution in [1.82, 2.24) is 5.43 Å². The molecule has 1 aliphatic carbocycles. The molecule has 0 radical (unpaired) electrons. The highest BCUT2D eigenvalue weighted by Crippen LogP contribution is 2.39. The second kappa shape index (κ2) is 9.19. The molecule has 2 amide bonds. The molecule has 0 atom stereocenters. The number of fused-ring (bicyclic) bond motifs is 1. The van der Waals surface area contributed by atoms with Crippen LogP contribution in [0.3, 0.4) is 0 Å². The van der Waals surface area contributed by atoms with Crippen LogP contribution in [0.2, 0.25) is 0 Å². The van der Waals surface area contributed by atoms with Crippen LogP contribution in [0.15, 0.2) is 27.8 Å². The number of nitrogens with zero attached hydrogens (tertiary/aromatic N) is 1. The monoisotopic (exact) mass is 479 g/mol. The predicted molar refractivity (Wildman–Crippen MR) is 112 cm³/mol. The summed E-state index contributed by atoms with van der Waals surface area (Å²) in [7, 11) is 0. The number of aryl methyl sites for hydroxylation is 1. The summed E-state index contributed by atoms with van der Waals surface area (Å²) in [5.74, 6) is -2.49. The van der Waals surface area contributed by atoms with Crippen LogP contribution in [-0.2, 0) is 27.2 Å². The van der Waals surface area contributed by atoms with Gasteiger partial charge in [-0.3, -0.25) is 9.59 Å². The fraction of sp³-hybridized carbons (Fsp3) is 0.263. The van der Waals surface area contributed by atoms with Crippen LogP contribution in [0, 0.1) is 0 Å². The zero-order valence-electron chi connectivity index (χ0n) is 15.5. The summed E-state index contributed by atoms with van der Waals surface area (Å²) in [5.41, 5.74) is 3.67. The summed E-state index contributed by atoms with van der Waals surface area (Å²) in [6, 6.07) is 4.72. The topological polar surface area (TPSA) is 117 Å². The van der Waals surface area contributed by atoms with Gasteiger partial charge in [0.05, 0.1) is 18.4 Å². The minimum Gasteiger partial charge on any atom is -0.507 e. The summed E-state index contributed by atoms with van der Waals surface area (Å²) >= 11 is 4.55. The summed E-state index contributed by atoms with van der Waals surface area (Å²) in [6.07, 6.45) is 3.73. The Balaban J connectivity index is 1.69. The summed E-state index contributed by atoms with van der Waals surface area (Å²) in [6.45, 7) is 1.92. The molecular weight excluding hydrogens is 462 g/mol. The molecule has 2 aromatic rings. The van der Waals surface area contributed by atoms with E-state index in [9.17, 15) is 19.5 Å². The Bertz CT molecular complexity index is 1000. The summed E-state index contributed by atoms with van der Waals surface area (Å²) in [5, 5.41) is 16.2. The van der Waals surface area contributed by atoms with Gasteiger partial charge >= 0.3 is 17.8 Å². The maximum absolute atomic E-state index is 12.3. The molecule has 0 aliphatic heterocycles. The number of esters is 1. The van der Waals surface area contributed by atoms with Crippen molar-refractivity contribution in [3.8, 4) is 5.75 Å². The van der Waals surface area contributed by atoms with E-state index in [-0.39, 0.29) is 12.4 Å². The first-order valence-corrected chi connectivity index (χ1v) is 10.5. The maximum atomic E-state index is 12.3. The number of carbonyl (C=O) groups excluding carboxylic acids is 3. The first-order valence-electron chi connectivity index (χ1n) is 8.85. The van der Waals surface area contributed by atoms with Crippen molar-refractivity contribution in [3.63, 3.8) is 0 Å². The van der Waals surface area contributed by atoms with Crippen molar-refractivity contribution in [2.24, 2.45) is 5.10 Å². The van der Waals surface area contributed by atoms with Crippen molar-refractivity contribution < 1.29 is 24.2 Å². The van der Waals surface area contributed by atoms with Crippen LogP contribution < -0.4 is 10.7 Å². The van der Waals surface area contributed by atoms with Gasteiger partial charge in [0.15, 0.2) is 0 Å². The van der Waals surface area contributed by atoms with Gasteiger partial charge < -0.3 is 15.2 Å². The van der Waals surface area contributed by atoms with E-state index in [0.717, 1.165) is 34.2 Å². The first kappa shape index (κ1) is 21.0. The SMILES string of the molecule is CCOC(=O)c1c(NC(=O)C(=O)NN=Cc2cc(Br)ccc2O)sc2c1CCC2. The number of anilines is 1. The lowest BCUT2D eigenvalue weighted by molar-refractivity contribution is -0.136. The molecule has 8 nitrogen and oxygen atoms in total. The average molecular weight is 480 g/mol. The van der Waals surface area contributed by atoms with Crippen molar-refractivity contribution in [2.75, 3.05) is 11.9 Å². The first-order chi connectivity index (χ1) is 13.9. The second-order valence-electron chi connectivity index (χ2n) is 6.14. The highest BCUT2D eigenvalue weighted by atomic mass is 79.9. The molecule has 0 spiro atoms. The summed E-state index contributed by atoms with van der Waals surface area (Å²) < 4.78 is 5.81. The number of rotatable bonds is 5. The molecule has 152 valence electrons. The zero-order chi connectivity index (χ0) is 21.0. The second-order valence-corrected chi connectivity index (χ2v) is 8.16. The van der Waals surface area contributed by atoms with Gasteiger partial charge in [-0.1, -0.05) is 15.9 Å². The number of hydrogen-bond donors (Lipinski definition) is 3. The zero-order valence-corrected chi connectivity index (χ0v) is 17.9. The Morgan fingerprint density at radius 1 is 1.31 bits per heavy atom. The Kier molecular flexibility index (Phi) is 6.65. The number of carbonyl (C=O) groups is 3. The van der Waals surface area contributed by atoms with Gasteiger partial charge in [-0.15, -0.1) is 11.3 Å². The third-order valence-corrected chi connectivity index (χ3v) is 5.89. The molecule has 3 rings (SSSR count). The van der Waals surface area contributed by atoms with E-state index in [1.807, 2.05) is 0 Å². The van der Waals surface area contributed by atoms with Gasteiger partial charge in [-0.05, 0) is 49.9 Å². The van der Waals surface area contributed by atoms with Crippen LogP contribution in [0.1, 0.15) is 39.7 Å². The van der Waals surface area contributed by atoms with Gasteiger partial charge in [0.25, 0.3) is 0 Å². The quantitative estimate of drug-likeness (QED) is 0.263. The van der Waals surface area contributed by atoms with Crippen LogP contribution in [0.25, 0.3) is 0 Å². The van der Waals surface area contributed by atoms with E-state index < -0.39 is 17.8 Å². The molecule has 0 fully saturated rings. The molecule has 3 N–H and O–H groups in total. The number of nitrogens with one attached hydrogen (secondary N) is 2. The smallest absolute Gasteiger partial charge is 0.341 e. The Morgan fingerprint density at radius 2 is 2.10 bits per heavy atom. The molecule has 29 heavy (non-hydrogen) atoms. The minimum absolute atomic E-state index is 0.0252. The summed E-state index contributed by atoms with van der Waals surface area (Å²) in [4.78, 5) is 37.6. The molecule has 10 heteroatoms. The average Bonchev–Trinajstić information content (AvgIpc) is 3.25. The number of phenolic OH excluding ortho intramolecular Hbond substituents is 1. The third kappa shape index (κ3) is 4.83. The number of halogens is 1. The van der Waals surface area contributed by atoms with Gasteiger partial charge in [0, 0.05) is 14.9 Å². The Labute approximate surface area is 179 Å². The number of benzene rings is 1. The number of hydrazone groups is 1. The lowest BCUT2D eigenvalue weighted by Gasteiger charge is -2.07. The van der Waals surface area contributed by atoms with Crippen molar-refractivity contribution in [3.05, 3.63) is 44.2 Å². The molecule has 1 heterocycles. The van der Waals surface area contributed by atoms with Crippen molar-refractivity contribution >= 4 is 56.3 Å². The molecule has 1 aliphatic rings. The number of hydrogen-bond acceptors (Lipinski definition) is 7. The molecule has 0 bridgehead atoms. The van der Waals surface area contributed by atoms with Gasteiger partial charge in [0.2, 0.25) is 0 Å². The van der Waals surface area contributed by atoms with Crippen LogP contribution in [0.4, 0.5) is 5.00 Å². The van der Waals surface area contributed by atoms with Crippen LogP contribution in [-0.4, -0.2) is 35.7 Å². The van der Waals surface area contributed by atoms with E-state index in [0.29, 0.717) is 16.1 Å². The number of ether oxygens (including phenoxy) is 1. The van der Waals surface area contributed by atoms with E-state index in [1.54, 1.807) is 19.1 Å².